The van der Waals surface area contributed by atoms with Gasteiger partial charge in [-0.05, 0) is 18.8 Å². The Morgan fingerprint density at radius 2 is 2.46 bits per heavy atom. The van der Waals surface area contributed by atoms with Gasteiger partial charge < -0.3 is 15.4 Å². The van der Waals surface area contributed by atoms with Crippen LogP contribution < -0.4 is 5.73 Å². The van der Waals surface area contributed by atoms with Crippen LogP contribution in [-0.2, 0) is 6.54 Å². The first-order valence-electron chi connectivity index (χ1n) is 4.67. The summed E-state index contributed by atoms with van der Waals surface area (Å²) in [6.45, 7) is 0.986. The van der Waals surface area contributed by atoms with Gasteiger partial charge in [0, 0.05) is 12.7 Å². The zero-order valence-electron chi connectivity index (χ0n) is 7.56. The van der Waals surface area contributed by atoms with Crippen molar-refractivity contribution in [3.8, 4) is 0 Å². The summed E-state index contributed by atoms with van der Waals surface area (Å²) >= 11 is 0. The number of nitrogens with two attached hydrogens (primary N) is 1. The monoisotopic (exact) mass is 181 g/mol. The number of nitrogens with zero attached hydrogens (tertiary/aromatic N) is 2. The molecule has 0 spiro atoms. The molecule has 1 unspecified atom stereocenters. The molecule has 4 heteroatoms. The number of hydrogen-bond acceptors (Lipinski definition) is 3. The lowest BCUT2D eigenvalue weighted by Crippen LogP contribution is -2.19. The van der Waals surface area contributed by atoms with Gasteiger partial charge in [-0.25, -0.2) is 4.98 Å². The molecule has 4 nitrogen and oxygen atoms in total. The van der Waals surface area contributed by atoms with Gasteiger partial charge in [0.25, 0.3) is 0 Å². The van der Waals surface area contributed by atoms with Gasteiger partial charge in [0.1, 0.15) is 0 Å². The smallest absolute Gasteiger partial charge is 0.0948 e. The van der Waals surface area contributed by atoms with E-state index in [0.29, 0.717) is 0 Å². The standard InChI is InChI=1S/C9H15N3O/c10-8(5-13)9-3-11-6-12(9)4-7-1-2-7/h3,6-8,13H,1-2,4-5,10H2. The molecule has 1 saturated carbocycles. The van der Waals surface area contributed by atoms with Crippen LogP contribution in [0.15, 0.2) is 12.5 Å². The first-order valence-corrected chi connectivity index (χ1v) is 4.67. The minimum Gasteiger partial charge on any atom is -0.394 e. The van der Waals surface area contributed by atoms with Gasteiger partial charge in [-0.1, -0.05) is 0 Å². The van der Waals surface area contributed by atoms with Crippen molar-refractivity contribution in [2.45, 2.75) is 25.4 Å². The predicted molar refractivity (Wildman–Crippen MR) is 49.0 cm³/mol. The molecule has 13 heavy (non-hydrogen) atoms. The Morgan fingerprint density at radius 3 is 3.08 bits per heavy atom. The first kappa shape index (κ1) is 8.72. The number of imidazole rings is 1. The zero-order valence-corrected chi connectivity index (χ0v) is 7.56. The van der Waals surface area contributed by atoms with Crippen molar-refractivity contribution < 1.29 is 5.11 Å². The molecule has 1 aliphatic carbocycles. The lowest BCUT2D eigenvalue weighted by Gasteiger charge is -2.11. The minimum absolute atomic E-state index is 0.0175. The Hall–Kier alpha value is -0.870. The van der Waals surface area contributed by atoms with Crippen molar-refractivity contribution in [1.82, 2.24) is 9.55 Å². The third-order valence-electron chi connectivity index (χ3n) is 2.47. The number of rotatable bonds is 4. The van der Waals surface area contributed by atoms with E-state index in [1.165, 1.54) is 12.8 Å². The lowest BCUT2D eigenvalue weighted by atomic mass is 10.2. The Balaban J connectivity index is 2.09. The molecule has 0 amide bonds. The quantitative estimate of drug-likeness (QED) is 0.701. The summed E-state index contributed by atoms with van der Waals surface area (Å²) in [4.78, 5) is 4.04. The van der Waals surface area contributed by atoms with Gasteiger partial charge in [-0.15, -0.1) is 0 Å². The Bertz CT molecular complexity index is 280. The SMILES string of the molecule is NC(CO)c1cncn1CC1CC1. The molecule has 72 valence electrons. The van der Waals surface area contributed by atoms with Crippen LogP contribution in [0.3, 0.4) is 0 Å². The summed E-state index contributed by atoms with van der Waals surface area (Å²) < 4.78 is 2.05. The Kier molecular flexibility index (Phi) is 2.33. The molecule has 1 aliphatic rings. The van der Waals surface area contributed by atoms with E-state index < -0.39 is 0 Å². The highest BCUT2D eigenvalue weighted by atomic mass is 16.3. The van der Waals surface area contributed by atoms with Gasteiger partial charge in [0.2, 0.25) is 0 Å². The van der Waals surface area contributed by atoms with Gasteiger partial charge in [-0.3, -0.25) is 0 Å². The van der Waals surface area contributed by atoms with Crippen molar-refractivity contribution in [3.05, 3.63) is 18.2 Å². The molecule has 0 radical (unpaired) electrons. The lowest BCUT2D eigenvalue weighted by molar-refractivity contribution is 0.262. The second-order valence-electron chi connectivity index (χ2n) is 3.70. The molecule has 0 aromatic carbocycles. The van der Waals surface area contributed by atoms with Crippen molar-refractivity contribution in [2.24, 2.45) is 11.7 Å². The normalized spacial score (nSPS) is 18.9. The molecule has 1 atom stereocenters. The van der Waals surface area contributed by atoms with Crippen molar-refractivity contribution in [1.29, 1.82) is 0 Å². The summed E-state index contributed by atoms with van der Waals surface area (Å²) in [6, 6.07) is -0.291. The van der Waals surface area contributed by atoms with E-state index in [1.807, 2.05) is 0 Å². The molecule has 1 aromatic heterocycles. The van der Waals surface area contributed by atoms with Crippen LogP contribution in [0.2, 0.25) is 0 Å². The minimum atomic E-state index is -0.291. The summed E-state index contributed by atoms with van der Waals surface area (Å²) in [7, 11) is 0. The molecule has 3 N–H and O–H groups in total. The van der Waals surface area contributed by atoms with E-state index in [4.69, 9.17) is 10.8 Å². The predicted octanol–water partition coefficient (Wildman–Crippen LogP) is 0.285. The van der Waals surface area contributed by atoms with Crippen LogP contribution in [0.1, 0.15) is 24.6 Å². The van der Waals surface area contributed by atoms with Gasteiger partial charge >= 0.3 is 0 Å². The molecule has 2 rings (SSSR count). The molecule has 1 fully saturated rings. The highest BCUT2D eigenvalue weighted by Crippen LogP contribution is 2.31. The van der Waals surface area contributed by atoms with Gasteiger partial charge in [-0.2, -0.15) is 0 Å². The van der Waals surface area contributed by atoms with Crippen molar-refractivity contribution in [2.75, 3.05) is 6.61 Å². The topological polar surface area (TPSA) is 64.1 Å². The van der Waals surface area contributed by atoms with Crippen LogP contribution in [0, 0.1) is 5.92 Å². The fourth-order valence-corrected chi connectivity index (χ4v) is 1.46. The summed E-state index contributed by atoms with van der Waals surface area (Å²) in [5, 5.41) is 8.91. The molecular formula is C9H15N3O. The van der Waals surface area contributed by atoms with Crippen LogP contribution in [0.25, 0.3) is 0 Å². The molecular weight excluding hydrogens is 166 g/mol. The number of aliphatic hydroxyl groups excluding tert-OH is 1. The fraction of sp³-hybridized carbons (Fsp3) is 0.667. The molecule has 1 heterocycles. The maximum Gasteiger partial charge on any atom is 0.0948 e. The number of aliphatic hydroxyl groups is 1. The summed E-state index contributed by atoms with van der Waals surface area (Å²) in [5.41, 5.74) is 6.66. The highest BCUT2D eigenvalue weighted by Gasteiger charge is 2.23. The second kappa shape index (κ2) is 3.47. The Morgan fingerprint density at radius 1 is 1.69 bits per heavy atom. The average molecular weight is 181 g/mol. The summed E-state index contributed by atoms with van der Waals surface area (Å²) in [6.07, 6.45) is 6.16. The summed E-state index contributed by atoms with van der Waals surface area (Å²) in [5.74, 6) is 0.804. The van der Waals surface area contributed by atoms with Crippen LogP contribution >= 0.6 is 0 Å². The van der Waals surface area contributed by atoms with Crippen molar-refractivity contribution >= 4 is 0 Å². The maximum absolute atomic E-state index is 8.91. The third kappa shape index (κ3) is 1.89. The van der Waals surface area contributed by atoms with E-state index in [2.05, 4.69) is 9.55 Å². The molecule has 1 aromatic rings. The van der Waals surface area contributed by atoms with E-state index in [1.54, 1.807) is 12.5 Å². The third-order valence-corrected chi connectivity index (χ3v) is 2.47. The van der Waals surface area contributed by atoms with E-state index in [0.717, 1.165) is 18.2 Å². The molecule has 0 saturated heterocycles. The van der Waals surface area contributed by atoms with Crippen LogP contribution in [0.4, 0.5) is 0 Å². The fourth-order valence-electron chi connectivity index (χ4n) is 1.46. The van der Waals surface area contributed by atoms with E-state index >= 15 is 0 Å². The Labute approximate surface area is 77.4 Å². The number of hydrogen-bond donors (Lipinski definition) is 2. The van der Waals surface area contributed by atoms with Crippen LogP contribution in [-0.4, -0.2) is 21.3 Å². The van der Waals surface area contributed by atoms with Gasteiger partial charge in [0.15, 0.2) is 0 Å². The van der Waals surface area contributed by atoms with Crippen LogP contribution in [0.5, 0.6) is 0 Å². The zero-order chi connectivity index (χ0) is 9.26. The molecule has 0 bridgehead atoms. The maximum atomic E-state index is 8.91. The first-order chi connectivity index (χ1) is 6.31. The average Bonchev–Trinajstić information content (AvgIpc) is 2.82. The second-order valence-corrected chi connectivity index (χ2v) is 3.70. The molecule has 0 aliphatic heterocycles. The van der Waals surface area contributed by atoms with Gasteiger partial charge in [0.05, 0.1) is 24.7 Å². The highest BCUT2D eigenvalue weighted by molar-refractivity contribution is 5.05. The van der Waals surface area contributed by atoms with E-state index in [9.17, 15) is 0 Å². The number of aromatic nitrogens is 2. The van der Waals surface area contributed by atoms with E-state index in [-0.39, 0.29) is 12.6 Å². The van der Waals surface area contributed by atoms with Crippen molar-refractivity contribution in [3.63, 3.8) is 0 Å². The largest absolute Gasteiger partial charge is 0.394 e.